The molecule has 3 heterocycles. The third kappa shape index (κ3) is 2.69. The van der Waals surface area contributed by atoms with Crippen LogP contribution in [-0.2, 0) is 23.0 Å². The SMILES string of the molecule is N#Cc1cc2c([nH]c1=O)CCN(S(=O)(=O)c1ccc(N)cn1)C2. The second kappa shape index (κ2) is 5.49. The summed E-state index contributed by atoms with van der Waals surface area (Å²) < 4.78 is 26.5. The molecule has 0 amide bonds. The van der Waals surface area contributed by atoms with Gasteiger partial charge in [-0.15, -0.1) is 0 Å². The first kappa shape index (κ1) is 15.2. The van der Waals surface area contributed by atoms with E-state index in [1.807, 2.05) is 0 Å². The molecular weight excluding hydrogens is 318 g/mol. The van der Waals surface area contributed by atoms with Crippen LogP contribution in [0.5, 0.6) is 0 Å². The van der Waals surface area contributed by atoms with Gasteiger partial charge in [-0.2, -0.15) is 9.57 Å². The van der Waals surface area contributed by atoms with Crippen LogP contribution in [0, 0.1) is 11.3 Å². The average molecular weight is 331 g/mol. The number of nitrogens with two attached hydrogens (primary N) is 1. The normalized spacial score (nSPS) is 14.9. The molecule has 0 radical (unpaired) electrons. The highest BCUT2D eigenvalue weighted by atomic mass is 32.2. The van der Waals surface area contributed by atoms with Crippen LogP contribution < -0.4 is 11.3 Å². The number of nitriles is 1. The van der Waals surface area contributed by atoms with E-state index in [1.54, 1.807) is 6.07 Å². The number of hydrogen-bond donors (Lipinski definition) is 2. The van der Waals surface area contributed by atoms with E-state index >= 15 is 0 Å². The minimum absolute atomic E-state index is 0.0337. The molecule has 0 aliphatic carbocycles. The molecule has 3 N–H and O–H groups in total. The molecule has 2 aromatic heterocycles. The number of nitrogen functional groups attached to an aromatic ring is 1. The van der Waals surface area contributed by atoms with E-state index < -0.39 is 15.6 Å². The molecule has 0 atom stereocenters. The number of fused-ring (bicyclic) bond motifs is 1. The van der Waals surface area contributed by atoms with Gasteiger partial charge in [-0.1, -0.05) is 0 Å². The Morgan fingerprint density at radius 1 is 1.39 bits per heavy atom. The molecule has 23 heavy (non-hydrogen) atoms. The Kier molecular flexibility index (Phi) is 3.63. The summed E-state index contributed by atoms with van der Waals surface area (Å²) in [6, 6.07) is 6.07. The van der Waals surface area contributed by atoms with E-state index in [4.69, 9.17) is 11.0 Å². The maximum atomic E-state index is 12.6. The molecule has 1 aliphatic heterocycles. The van der Waals surface area contributed by atoms with E-state index in [1.165, 1.54) is 28.7 Å². The van der Waals surface area contributed by atoms with Gasteiger partial charge in [0.05, 0.1) is 11.9 Å². The van der Waals surface area contributed by atoms with Crippen molar-refractivity contribution in [2.24, 2.45) is 0 Å². The number of nitrogens with zero attached hydrogens (tertiary/aromatic N) is 3. The highest BCUT2D eigenvalue weighted by Gasteiger charge is 2.30. The fraction of sp³-hybridized carbons (Fsp3) is 0.214. The lowest BCUT2D eigenvalue weighted by atomic mass is 10.1. The van der Waals surface area contributed by atoms with Gasteiger partial charge in [0.2, 0.25) is 0 Å². The second-order valence-corrected chi connectivity index (χ2v) is 7.03. The third-order valence-corrected chi connectivity index (χ3v) is 5.42. The molecule has 0 spiro atoms. The molecule has 9 heteroatoms. The summed E-state index contributed by atoms with van der Waals surface area (Å²) in [6.45, 7) is 0.304. The summed E-state index contributed by atoms with van der Waals surface area (Å²) in [4.78, 5) is 18.1. The monoisotopic (exact) mass is 331 g/mol. The first-order valence-electron chi connectivity index (χ1n) is 6.78. The Hall–Kier alpha value is -2.70. The predicted molar refractivity (Wildman–Crippen MR) is 81.7 cm³/mol. The Morgan fingerprint density at radius 3 is 2.83 bits per heavy atom. The topological polar surface area (TPSA) is 133 Å². The number of nitrogens with one attached hydrogen (secondary N) is 1. The summed E-state index contributed by atoms with van der Waals surface area (Å²) in [7, 11) is -3.76. The van der Waals surface area contributed by atoms with Gasteiger partial charge in [0.25, 0.3) is 15.6 Å². The van der Waals surface area contributed by atoms with Crippen molar-refractivity contribution >= 4 is 15.7 Å². The molecule has 8 nitrogen and oxygen atoms in total. The third-order valence-electron chi connectivity index (χ3n) is 3.66. The zero-order valence-electron chi connectivity index (χ0n) is 12.0. The smallest absolute Gasteiger partial charge is 0.266 e. The lowest BCUT2D eigenvalue weighted by Gasteiger charge is -2.27. The van der Waals surface area contributed by atoms with Crippen LogP contribution in [0.2, 0.25) is 0 Å². The first-order valence-corrected chi connectivity index (χ1v) is 8.22. The lowest BCUT2D eigenvalue weighted by Crippen LogP contribution is -2.37. The van der Waals surface area contributed by atoms with Crippen LogP contribution in [0.15, 0.2) is 34.2 Å². The van der Waals surface area contributed by atoms with Crippen LogP contribution in [0.4, 0.5) is 5.69 Å². The summed E-state index contributed by atoms with van der Waals surface area (Å²) in [6.07, 6.45) is 1.65. The van der Waals surface area contributed by atoms with Crippen molar-refractivity contribution in [3.05, 3.63) is 51.6 Å². The van der Waals surface area contributed by atoms with Gasteiger partial charge < -0.3 is 10.7 Å². The number of pyridine rings is 2. The van der Waals surface area contributed by atoms with E-state index in [2.05, 4.69) is 9.97 Å². The molecule has 0 saturated heterocycles. The predicted octanol–water partition coefficient (Wildman–Crippen LogP) is -0.0292. The van der Waals surface area contributed by atoms with Crippen molar-refractivity contribution in [1.82, 2.24) is 14.3 Å². The minimum Gasteiger partial charge on any atom is -0.397 e. The number of rotatable bonds is 2. The molecule has 118 valence electrons. The van der Waals surface area contributed by atoms with Gasteiger partial charge in [-0.25, -0.2) is 13.4 Å². The summed E-state index contributed by atoms with van der Waals surface area (Å²) in [5.41, 5.74) is 6.69. The van der Waals surface area contributed by atoms with Crippen molar-refractivity contribution in [1.29, 1.82) is 5.26 Å². The summed E-state index contributed by atoms with van der Waals surface area (Å²) in [5, 5.41) is 8.84. The van der Waals surface area contributed by atoms with Gasteiger partial charge in [-0.05, 0) is 23.8 Å². The number of hydrogen-bond acceptors (Lipinski definition) is 6. The highest BCUT2D eigenvalue weighted by molar-refractivity contribution is 7.89. The molecule has 1 aliphatic rings. The van der Waals surface area contributed by atoms with Crippen molar-refractivity contribution < 1.29 is 8.42 Å². The van der Waals surface area contributed by atoms with Crippen LogP contribution in [0.25, 0.3) is 0 Å². The van der Waals surface area contributed by atoms with Gasteiger partial charge >= 0.3 is 0 Å². The van der Waals surface area contributed by atoms with E-state index in [9.17, 15) is 13.2 Å². The lowest BCUT2D eigenvalue weighted by molar-refractivity contribution is 0.385. The number of aromatic amines is 1. The molecule has 0 unspecified atom stereocenters. The first-order chi connectivity index (χ1) is 10.9. The van der Waals surface area contributed by atoms with Crippen molar-refractivity contribution in [3.63, 3.8) is 0 Å². The molecule has 0 aromatic carbocycles. The van der Waals surface area contributed by atoms with Crippen molar-refractivity contribution in [2.75, 3.05) is 12.3 Å². The van der Waals surface area contributed by atoms with Gasteiger partial charge in [0.15, 0.2) is 5.03 Å². The van der Waals surface area contributed by atoms with Gasteiger partial charge in [0, 0.05) is 25.2 Å². The molecule has 2 aromatic rings. The van der Waals surface area contributed by atoms with Crippen LogP contribution in [0.3, 0.4) is 0 Å². The van der Waals surface area contributed by atoms with Gasteiger partial charge in [0.1, 0.15) is 11.6 Å². The highest BCUT2D eigenvalue weighted by Crippen LogP contribution is 2.23. The van der Waals surface area contributed by atoms with E-state index in [0.717, 1.165) is 0 Å². The number of sulfonamides is 1. The fourth-order valence-electron chi connectivity index (χ4n) is 2.45. The van der Waals surface area contributed by atoms with Crippen molar-refractivity contribution in [3.8, 4) is 6.07 Å². The fourth-order valence-corrected chi connectivity index (χ4v) is 3.78. The standard InChI is InChI=1S/C14H13N5O3S/c15-6-9-5-10-8-19(4-3-12(10)18-14(9)20)23(21,22)13-2-1-11(16)7-17-13/h1-2,5,7H,3-4,8,16H2,(H,18,20). The second-order valence-electron chi connectivity index (χ2n) is 5.15. The minimum atomic E-state index is -3.76. The van der Waals surface area contributed by atoms with Crippen LogP contribution >= 0.6 is 0 Å². The molecule has 3 rings (SSSR count). The quantitative estimate of drug-likeness (QED) is 0.794. The summed E-state index contributed by atoms with van der Waals surface area (Å²) >= 11 is 0. The average Bonchev–Trinajstić information content (AvgIpc) is 2.54. The zero-order chi connectivity index (χ0) is 16.6. The maximum absolute atomic E-state index is 12.6. The molecule has 0 saturated carbocycles. The van der Waals surface area contributed by atoms with Crippen LogP contribution in [-0.4, -0.2) is 29.2 Å². The Labute approximate surface area is 132 Å². The van der Waals surface area contributed by atoms with E-state index in [-0.39, 0.29) is 23.7 Å². The Balaban J connectivity index is 1.97. The zero-order valence-corrected chi connectivity index (χ0v) is 12.8. The largest absolute Gasteiger partial charge is 0.397 e. The van der Waals surface area contributed by atoms with Gasteiger partial charge in [-0.3, -0.25) is 4.79 Å². The van der Waals surface area contributed by atoms with Crippen LogP contribution in [0.1, 0.15) is 16.8 Å². The number of H-pyrrole nitrogens is 1. The number of aromatic nitrogens is 2. The van der Waals surface area contributed by atoms with Crippen molar-refractivity contribution in [2.45, 2.75) is 18.0 Å². The molecular formula is C14H13N5O3S. The van der Waals surface area contributed by atoms with E-state index in [0.29, 0.717) is 23.4 Å². The Bertz CT molecular complexity index is 957. The molecule has 0 fully saturated rings. The Morgan fingerprint density at radius 2 is 2.17 bits per heavy atom. The maximum Gasteiger partial charge on any atom is 0.266 e. The summed E-state index contributed by atoms with van der Waals surface area (Å²) in [5.74, 6) is 0. The number of anilines is 1. The molecule has 0 bridgehead atoms.